The SMILES string of the molecule is COC(=O)c1ccc2oc(NC(=O)c3ccc(NCCc4ccccc4)c([N+](=O)[O-])c3)nc2c1. The van der Waals surface area contributed by atoms with E-state index in [0.29, 0.717) is 29.8 Å². The van der Waals surface area contributed by atoms with E-state index in [-0.39, 0.29) is 22.8 Å². The van der Waals surface area contributed by atoms with Crippen molar-refractivity contribution in [1.29, 1.82) is 0 Å². The lowest BCUT2D eigenvalue weighted by molar-refractivity contribution is -0.384. The fourth-order valence-corrected chi connectivity index (χ4v) is 3.35. The number of ether oxygens (including phenoxy) is 1. The van der Waals surface area contributed by atoms with E-state index in [9.17, 15) is 19.7 Å². The van der Waals surface area contributed by atoms with Crippen LogP contribution in [0.2, 0.25) is 0 Å². The number of fused-ring (bicyclic) bond motifs is 1. The number of hydrogen-bond acceptors (Lipinski definition) is 8. The number of nitro benzene ring substituents is 1. The molecule has 10 nitrogen and oxygen atoms in total. The zero-order valence-electron chi connectivity index (χ0n) is 18.1. The fourth-order valence-electron chi connectivity index (χ4n) is 3.35. The molecule has 4 rings (SSSR count). The summed E-state index contributed by atoms with van der Waals surface area (Å²) in [4.78, 5) is 39.5. The smallest absolute Gasteiger partial charge is 0.337 e. The molecule has 0 fully saturated rings. The van der Waals surface area contributed by atoms with Gasteiger partial charge in [0, 0.05) is 18.2 Å². The minimum Gasteiger partial charge on any atom is -0.465 e. The molecule has 0 saturated heterocycles. The number of methoxy groups -OCH3 is 1. The van der Waals surface area contributed by atoms with Crippen LogP contribution in [-0.4, -0.2) is 35.4 Å². The van der Waals surface area contributed by atoms with Gasteiger partial charge in [-0.3, -0.25) is 20.2 Å². The molecular formula is C24H20N4O6. The minimum atomic E-state index is -0.626. The molecule has 0 unspecified atom stereocenters. The molecule has 0 radical (unpaired) electrons. The van der Waals surface area contributed by atoms with Crippen molar-refractivity contribution in [2.24, 2.45) is 0 Å². The highest BCUT2D eigenvalue weighted by atomic mass is 16.6. The molecule has 0 atom stereocenters. The molecule has 0 saturated carbocycles. The van der Waals surface area contributed by atoms with Crippen molar-refractivity contribution in [1.82, 2.24) is 4.98 Å². The lowest BCUT2D eigenvalue weighted by Crippen LogP contribution is -2.13. The molecule has 2 N–H and O–H groups in total. The van der Waals surface area contributed by atoms with E-state index in [1.807, 2.05) is 30.3 Å². The van der Waals surface area contributed by atoms with Gasteiger partial charge in [-0.1, -0.05) is 30.3 Å². The molecule has 0 spiro atoms. The summed E-state index contributed by atoms with van der Waals surface area (Å²) in [7, 11) is 1.27. The van der Waals surface area contributed by atoms with Gasteiger partial charge in [-0.05, 0) is 42.3 Å². The van der Waals surface area contributed by atoms with Gasteiger partial charge in [0.25, 0.3) is 11.6 Å². The molecule has 4 aromatic rings. The molecule has 1 heterocycles. The summed E-state index contributed by atoms with van der Waals surface area (Å²) in [6.07, 6.45) is 0.690. The summed E-state index contributed by atoms with van der Waals surface area (Å²) in [5.74, 6) is -1.15. The van der Waals surface area contributed by atoms with Crippen molar-refractivity contribution in [3.05, 3.63) is 93.5 Å². The number of nitro groups is 1. The lowest BCUT2D eigenvalue weighted by Gasteiger charge is -2.09. The van der Waals surface area contributed by atoms with Crippen LogP contribution >= 0.6 is 0 Å². The highest BCUT2D eigenvalue weighted by Crippen LogP contribution is 2.27. The number of amides is 1. The van der Waals surface area contributed by atoms with Gasteiger partial charge < -0.3 is 14.5 Å². The molecule has 3 aromatic carbocycles. The Hall–Kier alpha value is -4.73. The van der Waals surface area contributed by atoms with Crippen molar-refractivity contribution in [3.8, 4) is 0 Å². The molecule has 1 aromatic heterocycles. The van der Waals surface area contributed by atoms with Gasteiger partial charge in [-0.15, -0.1) is 0 Å². The Bertz CT molecular complexity index is 1370. The average molecular weight is 460 g/mol. The summed E-state index contributed by atoms with van der Waals surface area (Å²) in [5, 5.41) is 17.1. The van der Waals surface area contributed by atoms with Crippen LogP contribution in [0.15, 0.2) is 71.1 Å². The van der Waals surface area contributed by atoms with Crippen LogP contribution in [-0.2, 0) is 11.2 Å². The number of nitrogens with zero attached hydrogens (tertiary/aromatic N) is 2. The monoisotopic (exact) mass is 460 g/mol. The third-order valence-electron chi connectivity index (χ3n) is 5.06. The quantitative estimate of drug-likeness (QED) is 0.224. The Morgan fingerprint density at radius 3 is 2.56 bits per heavy atom. The number of esters is 1. The van der Waals surface area contributed by atoms with Crippen LogP contribution in [0.25, 0.3) is 11.1 Å². The molecular weight excluding hydrogens is 440 g/mol. The molecule has 0 aliphatic carbocycles. The van der Waals surface area contributed by atoms with E-state index in [1.165, 1.54) is 43.5 Å². The van der Waals surface area contributed by atoms with Gasteiger partial charge in [0.15, 0.2) is 5.58 Å². The number of carbonyl (C=O) groups excluding carboxylic acids is 2. The van der Waals surface area contributed by atoms with Crippen LogP contribution in [0.3, 0.4) is 0 Å². The summed E-state index contributed by atoms with van der Waals surface area (Å²) in [6, 6.07) is 18.3. The highest BCUT2D eigenvalue weighted by molar-refractivity contribution is 6.04. The maximum atomic E-state index is 12.7. The van der Waals surface area contributed by atoms with Gasteiger partial charge in [0.2, 0.25) is 0 Å². The Morgan fingerprint density at radius 1 is 1.06 bits per heavy atom. The number of carbonyl (C=O) groups is 2. The van der Waals surface area contributed by atoms with E-state index < -0.39 is 16.8 Å². The molecule has 0 aliphatic rings. The maximum absolute atomic E-state index is 12.7. The normalized spacial score (nSPS) is 10.6. The van der Waals surface area contributed by atoms with Crippen LogP contribution in [0, 0.1) is 10.1 Å². The molecule has 0 bridgehead atoms. The number of anilines is 2. The first-order chi connectivity index (χ1) is 16.4. The summed E-state index contributed by atoms with van der Waals surface area (Å²) < 4.78 is 10.2. The number of nitrogens with one attached hydrogen (secondary N) is 2. The zero-order chi connectivity index (χ0) is 24.1. The second-order valence-electron chi connectivity index (χ2n) is 7.30. The van der Waals surface area contributed by atoms with E-state index in [0.717, 1.165) is 5.56 Å². The molecule has 1 amide bonds. The molecule has 172 valence electrons. The van der Waals surface area contributed by atoms with Crippen molar-refractivity contribution >= 4 is 40.4 Å². The van der Waals surface area contributed by atoms with Crippen LogP contribution in [0.1, 0.15) is 26.3 Å². The largest absolute Gasteiger partial charge is 0.465 e. The fraction of sp³-hybridized carbons (Fsp3) is 0.125. The number of hydrogen-bond donors (Lipinski definition) is 2. The number of benzene rings is 3. The van der Waals surface area contributed by atoms with E-state index in [4.69, 9.17) is 4.42 Å². The lowest BCUT2D eigenvalue weighted by atomic mass is 10.1. The number of oxazole rings is 1. The summed E-state index contributed by atoms with van der Waals surface area (Å²) in [6.45, 7) is 0.493. The number of rotatable bonds is 8. The predicted molar refractivity (Wildman–Crippen MR) is 125 cm³/mol. The second kappa shape index (κ2) is 9.82. The van der Waals surface area contributed by atoms with Crippen molar-refractivity contribution < 1.29 is 23.7 Å². The van der Waals surface area contributed by atoms with Crippen molar-refractivity contribution in [2.75, 3.05) is 24.3 Å². The number of aromatic nitrogens is 1. The third-order valence-corrected chi connectivity index (χ3v) is 5.06. The Morgan fingerprint density at radius 2 is 1.82 bits per heavy atom. The predicted octanol–water partition coefficient (Wildman–Crippen LogP) is 4.43. The van der Waals surface area contributed by atoms with Gasteiger partial charge in [-0.25, -0.2) is 4.79 Å². The Labute approximate surface area is 193 Å². The van der Waals surface area contributed by atoms with Gasteiger partial charge in [0.1, 0.15) is 11.2 Å². The molecule has 0 aliphatic heterocycles. The average Bonchev–Trinajstić information content (AvgIpc) is 3.25. The maximum Gasteiger partial charge on any atom is 0.337 e. The summed E-state index contributed by atoms with van der Waals surface area (Å²) >= 11 is 0. The Balaban J connectivity index is 1.47. The minimum absolute atomic E-state index is 0.0674. The van der Waals surface area contributed by atoms with Crippen LogP contribution in [0.4, 0.5) is 17.4 Å². The third kappa shape index (κ3) is 5.01. The molecule has 34 heavy (non-hydrogen) atoms. The first-order valence-electron chi connectivity index (χ1n) is 10.3. The Kier molecular flexibility index (Phi) is 6.49. The van der Waals surface area contributed by atoms with Crippen LogP contribution < -0.4 is 10.6 Å². The van der Waals surface area contributed by atoms with E-state index in [2.05, 4.69) is 20.4 Å². The topological polar surface area (TPSA) is 137 Å². The van der Waals surface area contributed by atoms with E-state index in [1.54, 1.807) is 0 Å². The first-order valence-corrected chi connectivity index (χ1v) is 10.3. The van der Waals surface area contributed by atoms with E-state index >= 15 is 0 Å². The van der Waals surface area contributed by atoms with Gasteiger partial charge in [-0.2, -0.15) is 4.98 Å². The summed E-state index contributed by atoms with van der Waals surface area (Å²) in [5.41, 5.74) is 2.25. The standard InChI is InChI=1S/C24H20N4O6/c1-33-23(30)17-8-10-21-19(13-17)26-24(34-21)27-22(29)16-7-9-18(20(14-16)28(31)32)25-12-11-15-5-3-2-4-6-15/h2-10,13-14,25H,11-12H2,1H3,(H,26,27,29). The van der Waals surface area contributed by atoms with Crippen molar-refractivity contribution in [2.45, 2.75) is 6.42 Å². The van der Waals surface area contributed by atoms with Crippen molar-refractivity contribution in [3.63, 3.8) is 0 Å². The highest BCUT2D eigenvalue weighted by Gasteiger charge is 2.19. The molecule has 10 heteroatoms. The van der Waals surface area contributed by atoms with Gasteiger partial charge in [0.05, 0.1) is 17.6 Å². The second-order valence-corrected chi connectivity index (χ2v) is 7.30. The van der Waals surface area contributed by atoms with Gasteiger partial charge >= 0.3 is 12.0 Å². The zero-order valence-corrected chi connectivity index (χ0v) is 18.1. The first kappa shape index (κ1) is 22.5. The van der Waals surface area contributed by atoms with Crippen LogP contribution in [0.5, 0.6) is 0 Å².